The monoisotopic (exact) mass is 524 g/mol. The minimum absolute atomic E-state index is 0.0712. The van der Waals surface area contributed by atoms with Crippen molar-refractivity contribution in [1.29, 1.82) is 0 Å². The number of benzene rings is 3. The third-order valence-electron chi connectivity index (χ3n) is 5.34. The average Bonchev–Trinajstić information content (AvgIpc) is 2.85. The zero-order valence-electron chi connectivity index (χ0n) is 21.2. The maximum absolute atomic E-state index is 13.6. The van der Waals surface area contributed by atoms with Gasteiger partial charge >= 0.3 is 0 Å². The van der Waals surface area contributed by atoms with Gasteiger partial charge in [-0.15, -0.1) is 0 Å². The summed E-state index contributed by atoms with van der Waals surface area (Å²) in [6.45, 7) is 7.55. The van der Waals surface area contributed by atoms with E-state index in [0.717, 1.165) is 21.0 Å². The summed E-state index contributed by atoms with van der Waals surface area (Å²) in [7, 11) is -3.78. The zero-order chi connectivity index (χ0) is 26.3. The van der Waals surface area contributed by atoms with Crippen molar-refractivity contribution in [1.82, 2.24) is 9.03 Å². The fourth-order valence-electron chi connectivity index (χ4n) is 3.17. The highest BCUT2D eigenvalue weighted by Crippen LogP contribution is 2.22. The van der Waals surface area contributed by atoms with E-state index in [-0.39, 0.29) is 11.4 Å². The Kier molecular flexibility index (Phi) is 8.96. The molecule has 0 spiro atoms. The van der Waals surface area contributed by atoms with Gasteiger partial charge in [-0.2, -0.15) is 0 Å². The van der Waals surface area contributed by atoms with Gasteiger partial charge < -0.3 is 4.74 Å². The summed E-state index contributed by atoms with van der Waals surface area (Å²) < 4.78 is 49.0. The topological polar surface area (TPSA) is 75.7 Å². The maximum Gasteiger partial charge on any atom is 0.271 e. The van der Waals surface area contributed by atoms with Crippen molar-refractivity contribution in [2.45, 2.75) is 49.9 Å². The van der Waals surface area contributed by atoms with Crippen LogP contribution in [0.3, 0.4) is 0 Å². The minimum atomic E-state index is -3.93. The van der Waals surface area contributed by atoms with Gasteiger partial charge in [-0.3, -0.25) is 0 Å². The lowest BCUT2D eigenvalue weighted by molar-refractivity contribution is 0.414. The fourth-order valence-corrected chi connectivity index (χ4v) is 5.16. The summed E-state index contributed by atoms with van der Waals surface area (Å²) in [5.41, 5.74) is 2.51. The molecule has 190 valence electrons. The molecule has 3 rings (SSSR count). The minimum Gasteiger partial charge on any atom is -0.497 e. The number of sulfonamides is 1. The van der Waals surface area contributed by atoms with Crippen LogP contribution in [0.15, 0.2) is 83.8 Å². The van der Waals surface area contributed by atoms with E-state index in [4.69, 9.17) is 4.74 Å². The number of hydrogen-bond donors (Lipinski definition) is 1. The van der Waals surface area contributed by atoms with Crippen LogP contribution in [0, 0.1) is 18.9 Å². The second kappa shape index (κ2) is 11.7. The highest BCUT2D eigenvalue weighted by Gasteiger charge is 2.25. The van der Waals surface area contributed by atoms with Crippen molar-refractivity contribution >= 4 is 21.0 Å². The second-order valence-corrected chi connectivity index (χ2v) is 13.1. The van der Waals surface area contributed by atoms with Gasteiger partial charge in [0, 0.05) is 6.04 Å². The largest absolute Gasteiger partial charge is 0.497 e. The molecule has 0 aliphatic heterocycles. The first-order valence-electron chi connectivity index (χ1n) is 11.5. The Hall–Kier alpha value is -3.12. The highest BCUT2D eigenvalue weighted by atomic mass is 32.2. The Bertz CT molecular complexity index is 1340. The predicted molar refractivity (Wildman–Crippen MR) is 145 cm³/mol. The average molecular weight is 525 g/mol. The first kappa shape index (κ1) is 27.5. The Morgan fingerprint density at radius 1 is 0.972 bits per heavy atom. The lowest BCUT2D eigenvalue weighted by Gasteiger charge is -2.22. The summed E-state index contributed by atoms with van der Waals surface area (Å²) in [6, 6.07) is 25.4. The molecule has 0 amide bonds. The maximum atomic E-state index is 13.6. The van der Waals surface area contributed by atoms with Crippen LogP contribution < -0.4 is 9.46 Å². The van der Waals surface area contributed by atoms with Crippen molar-refractivity contribution in [3.63, 3.8) is 0 Å². The second-order valence-electron chi connectivity index (χ2n) is 9.27. The molecule has 3 aromatic rings. The van der Waals surface area contributed by atoms with Gasteiger partial charge in [0.1, 0.15) is 11.8 Å². The molecule has 0 aliphatic carbocycles. The zero-order valence-corrected chi connectivity index (χ0v) is 22.8. The van der Waals surface area contributed by atoms with E-state index in [1.165, 1.54) is 0 Å². The molecule has 0 bridgehead atoms. The molecular weight excluding hydrogens is 492 g/mol. The third-order valence-corrected chi connectivity index (χ3v) is 8.57. The van der Waals surface area contributed by atoms with Crippen LogP contribution in [0.25, 0.3) is 0 Å². The Balaban J connectivity index is 2.05. The lowest BCUT2D eigenvalue weighted by Crippen LogP contribution is -2.35. The number of rotatable bonds is 8. The van der Waals surface area contributed by atoms with Gasteiger partial charge in [0.15, 0.2) is 0 Å². The predicted octanol–water partition coefficient (Wildman–Crippen LogP) is 4.95. The summed E-state index contributed by atoms with van der Waals surface area (Å²) >= 11 is 0. The summed E-state index contributed by atoms with van der Waals surface area (Å²) in [4.78, 5) is 0.158. The first-order chi connectivity index (χ1) is 17.0. The molecule has 0 fully saturated rings. The molecule has 0 aliphatic rings. The Morgan fingerprint density at radius 2 is 1.58 bits per heavy atom. The molecule has 0 heterocycles. The quantitative estimate of drug-likeness (QED) is 0.334. The van der Waals surface area contributed by atoms with Gasteiger partial charge in [-0.25, -0.2) is 21.7 Å². The molecule has 1 N–H and O–H groups in total. The van der Waals surface area contributed by atoms with Crippen LogP contribution in [0.5, 0.6) is 5.75 Å². The first-order valence-corrected chi connectivity index (χ1v) is 14.1. The van der Waals surface area contributed by atoms with Crippen molar-refractivity contribution in [3.05, 3.63) is 95.6 Å². The molecule has 8 heteroatoms. The van der Waals surface area contributed by atoms with Crippen molar-refractivity contribution < 1.29 is 17.4 Å². The number of methoxy groups -OCH3 is 1. The fraction of sp³-hybridized carbons (Fsp3) is 0.286. The van der Waals surface area contributed by atoms with E-state index < -0.39 is 31.8 Å². The smallest absolute Gasteiger partial charge is 0.271 e. The third kappa shape index (κ3) is 7.20. The van der Waals surface area contributed by atoms with Gasteiger partial charge in [0.2, 0.25) is 0 Å². The lowest BCUT2D eigenvalue weighted by atomic mass is 10.1. The normalized spacial score (nSPS) is 13.2. The van der Waals surface area contributed by atoms with E-state index in [2.05, 4.69) is 16.7 Å². The number of hydrogen-bond acceptors (Lipinski definition) is 4. The van der Waals surface area contributed by atoms with Crippen molar-refractivity contribution in [3.8, 4) is 17.7 Å². The van der Waals surface area contributed by atoms with Crippen LogP contribution in [-0.2, 0) is 27.6 Å². The molecule has 1 unspecified atom stereocenters. The number of ether oxygens (including phenoxy) is 1. The van der Waals surface area contributed by atoms with Crippen LogP contribution in [-0.4, -0.2) is 28.8 Å². The number of nitrogens with one attached hydrogen (secondary N) is 1. The molecule has 0 radical (unpaired) electrons. The molecule has 0 saturated heterocycles. The molecule has 36 heavy (non-hydrogen) atoms. The van der Waals surface area contributed by atoms with Crippen LogP contribution in [0.4, 0.5) is 0 Å². The Morgan fingerprint density at radius 3 is 2.14 bits per heavy atom. The van der Waals surface area contributed by atoms with Crippen LogP contribution >= 0.6 is 0 Å². The number of aryl methyl sites for hydroxylation is 1. The van der Waals surface area contributed by atoms with E-state index in [0.29, 0.717) is 5.75 Å². The summed E-state index contributed by atoms with van der Waals surface area (Å²) in [5, 5.41) is 0. The molecule has 0 saturated carbocycles. The number of nitrogens with zero attached hydrogens (tertiary/aromatic N) is 1. The van der Waals surface area contributed by atoms with Gasteiger partial charge in [0.05, 0.1) is 34.3 Å². The van der Waals surface area contributed by atoms with E-state index in [9.17, 15) is 12.6 Å². The van der Waals surface area contributed by atoms with E-state index >= 15 is 0 Å². The molecule has 6 nitrogen and oxygen atoms in total. The summed E-state index contributed by atoms with van der Waals surface area (Å²) in [6.07, 6.45) is 0. The van der Waals surface area contributed by atoms with Crippen LogP contribution in [0.2, 0.25) is 0 Å². The van der Waals surface area contributed by atoms with Crippen LogP contribution in [0.1, 0.15) is 43.5 Å². The molecule has 2 atom stereocenters. The van der Waals surface area contributed by atoms with Gasteiger partial charge in [-0.1, -0.05) is 66.1 Å². The SMILES string of the molecule is COc1ccc([C@@H](C#CN(Cc2ccccc2)S(=O)(=O)c2ccc(C)cc2)NS(=O)C(C)(C)C)cc1. The van der Waals surface area contributed by atoms with Gasteiger partial charge in [0.25, 0.3) is 10.0 Å². The van der Waals surface area contributed by atoms with Crippen molar-refractivity contribution in [2.24, 2.45) is 0 Å². The van der Waals surface area contributed by atoms with E-state index in [1.54, 1.807) is 43.5 Å². The Labute approximate surface area is 217 Å². The molecular formula is C28H32N2O4S2. The standard InChI is InChI=1S/C28H32N2O4S2/c1-22-11-17-26(18-12-22)36(32,33)30(21-23-9-7-6-8-10-23)20-19-27(29-35(31)28(2,3)4)24-13-15-25(34-5)16-14-24/h6-18,27,29H,21H2,1-5H3/t27-,35?/m1/s1. The summed E-state index contributed by atoms with van der Waals surface area (Å²) in [5.74, 6) is 3.71. The van der Waals surface area contributed by atoms with Crippen molar-refractivity contribution in [2.75, 3.05) is 7.11 Å². The van der Waals surface area contributed by atoms with E-state index in [1.807, 2.05) is 70.2 Å². The molecule has 3 aromatic carbocycles. The van der Waals surface area contributed by atoms with Gasteiger partial charge in [-0.05, 0) is 63.1 Å². The highest BCUT2D eigenvalue weighted by molar-refractivity contribution is 7.89. The molecule has 0 aromatic heterocycles.